The van der Waals surface area contributed by atoms with Crippen LogP contribution in [0.15, 0.2) is 54.6 Å². The van der Waals surface area contributed by atoms with Gasteiger partial charge in [-0.1, -0.05) is 12.1 Å². The van der Waals surface area contributed by atoms with Gasteiger partial charge >= 0.3 is 5.97 Å². The van der Waals surface area contributed by atoms with E-state index in [1.165, 1.54) is 48.5 Å². The van der Waals surface area contributed by atoms with E-state index in [2.05, 4.69) is 0 Å². The predicted octanol–water partition coefficient (Wildman–Crippen LogP) is 3.35. The third-order valence-electron chi connectivity index (χ3n) is 2.52. The number of non-ortho nitro benzene ring substituents is 1. The summed E-state index contributed by atoms with van der Waals surface area (Å²) in [4.78, 5) is 21.7. The molecule has 2 aromatic rings. The molecule has 5 nitrogen and oxygen atoms in total. The molecule has 0 saturated heterocycles. The van der Waals surface area contributed by atoms with Crippen molar-refractivity contribution in [2.24, 2.45) is 0 Å². The number of carbonyl (C=O) groups excluding carboxylic acids is 1. The van der Waals surface area contributed by atoms with Gasteiger partial charge in [0.05, 0.1) is 4.92 Å². The molecule has 2 rings (SSSR count). The molecule has 0 heterocycles. The van der Waals surface area contributed by atoms with Crippen molar-refractivity contribution in [2.75, 3.05) is 0 Å². The minimum absolute atomic E-state index is 0.0657. The number of benzene rings is 2. The van der Waals surface area contributed by atoms with Crippen molar-refractivity contribution in [3.05, 3.63) is 76.1 Å². The molecule has 0 fully saturated rings. The van der Waals surface area contributed by atoms with Crippen molar-refractivity contribution >= 4 is 17.7 Å². The first-order valence-electron chi connectivity index (χ1n) is 5.94. The van der Waals surface area contributed by atoms with Crippen LogP contribution in [0, 0.1) is 15.9 Å². The van der Waals surface area contributed by atoms with Crippen LogP contribution in [0.3, 0.4) is 0 Å². The van der Waals surface area contributed by atoms with Crippen molar-refractivity contribution < 1.29 is 18.8 Å². The van der Waals surface area contributed by atoms with Crippen LogP contribution < -0.4 is 4.74 Å². The van der Waals surface area contributed by atoms with E-state index in [1.54, 1.807) is 6.07 Å². The Kier molecular flexibility index (Phi) is 4.40. The maximum Gasteiger partial charge on any atom is 0.336 e. The smallest absolute Gasteiger partial charge is 0.336 e. The average molecular weight is 287 g/mol. The van der Waals surface area contributed by atoms with E-state index in [1.807, 2.05) is 0 Å². The number of carbonyl (C=O) groups is 1. The summed E-state index contributed by atoms with van der Waals surface area (Å²) in [6, 6.07) is 10.8. The molecule has 0 bridgehead atoms. The van der Waals surface area contributed by atoms with Crippen LogP contribution in [0.4, 0.5) is 10.1 Å². The van der Waals surface area contributed by atoms with Crippen LogP contribution in [0.1, 0.15) is 5.56 Å². The number of esters is 1. The number of nitro groups is 1. The third-order valence-corrected chi connectivity index (χ3v) is 2.52. The van der Waals surface area contributed by atoms with E-state index in [0.29, 0.717) is 5.56 Å². The van der Waals surface area contributed by atoms with Crippen molar-refractivity contribution in [1.82, 2.24) is 0 Å². The van der Waals surface area contributed by atoms with E-state index >= 15 is 0 Å². The number of hydrogen-bond donors (Lipinski definition) is 0. The van der Waals surface area contributed by atoms with Crippen LogP contribution in [0.5, 0.6) is 5.75 Å². The second-order valence-electron chi connectivity index (χ2n) is 4.06. The third kappa shape index (κ3) is 4.24. The van der Waals surface area contributed by atoms with Crippen LogP contribution in [0.25, 0.3) is 6.08 Å². The summed E-state index contributed by atoms with van der Waals surface area (Å²) >= 11 is 0. The second-order valence-corrected chi connectivity index (χ2v) is 4.06. The highest BCUT2D eigenvalue weighted by molar-refractivity contribution is 5.88. The van der Waals surface area contributed by atoms with Crippen molar-refractivity contribution in [3.8, 4) is 5.75 Å². The summed E-state index contributed by atoms with van der Waals surface area (Å²) < 4.78 is 17.6. The van der Waals surface area contributed by atoms with Gasteiger partial charge in [0.2, 0.25) is 0 Å². The van der Waals surface area contributed by atoms with Crippen LogP contribution >= 0.6 is 0 Å². The van der Waals surface area contributed by atoms with Gasteiger partial charge in [0, 0.05) is 18.2 Å². The van der Waals surface area contributed by atoms with E-state index < -0.39 is 16.7 Å². The number of hydrogen-bond acceptors (Lipinski definition) is 4. The van der Waals surface area contributed by atoms with Crippen molar-refractivity contribution in [3.63, 3.8) is 0 Å². The zero-order valence-corrected chi connectivity index (χ0v) is 10.7. The van der Waals surface area contributed by atoms with Crippen molar-refractivity contribution in [2.45, 2.75) is 0 Å². The molecule has 0 amide bonds. The van der Waals surface area contributed by atoms with Gasteiger partial charge in [-0.05, 0) is 35.9 Å². The molecule has 106 valence electrons. The van der Waals surface area contributed by atoms with Gasteiger partial charge in [0.1, 0.15) is 11.6 Å². The Bertz CT molecular complexity index is 695. The minimum atomic E-state index is -0.659. The molecule has 0 radical (unpaired) electrons. The Morgan fingerprint density at radius 1 is 1.19 bits per heavy atom. The highest BCUT2D eigenvalue weighted by Gasteiger charge is 2.05. The number of ether oxygens (including phenoxy) is 1. The maximum absolute atomic E-state index is 12.7. The van der Waals surface area contributed by atoms with Crippen LogP contribution in [-0.2, 0) is 4.79 Å². The Morgan fingerprint density at radius 2 is 1.90 bits per heavy atom. The van der Waals surface area contributed by atoms with Crippen LogP contribution in [-0.4, -0.2) is 10.9 Å². The number of nitro benzene ring substituents is 1. The molecular weight excluding hydrogens is 277 g/mol. The molecule has 0 saturated carbocycles. The lowest BCUT2D eigenvalue weighted by atomic mass is 10.2. The summed E-state index contributed by atoms with van der Waals surface area (Å²) in [5, 5.41) is 10.6. The van der Waals surface area contributed by atoms with Gasteiger partial charge in [-0.25, -0.2) is 9.18 Å². The molecule has 21 heavy (non-hydrogen) atoms. The molecule has 0 aliphatic heterocycles. The fourth-order valence-corrected chi connectivity index (χ4v) is 1.56. The van der Waals surface area contributed by atoms with E-state index in [4.69, 9.17) is 4.74 Å². The first-order chi connectivity index (χ1) is 10.0. The molecular formula is C15H10FNO4. The van der Waals surface area contributed by atoms with Gasteiger partial charge in [-0.15, -0.1) is 0 Å². The van der Waals surface area contributed by atoms with E-state index in [-0.39, 0.29) is 11.4 Å². The predicted molar refractivity (Wildman–Crippen MR) is 74.2 cm³/mol. The van der Waals surface area contributed by atoms with Gasteiger partial charge in [-0.2, -0.15) is 0 Å². The molecule has 0 aliphatic rings. The first kappa shape index (κ1) is 14.4. The summed E-state index contributed by atoms with van der Waals surface area (Å²) in [6.07, 6.45) is 2.54. The minimum Gasteiger partial charge on any atom is -0.423 e. The van der Waals surface area contributed by atoms with Gasteiger partial charge < -0.3 is 4.74 Å². The average Bonchev–Trinajstić information content (AvgIpc) is 2.48. The van der Waals surface area contributed by atoms with Gasteiger partial charge in [-0.3, -0.25) is 10.1 Å². The molecule has 2 aromatic carbocycles. The number of nitrogens with zero attached hydrogens (tertiary/aromatic N) is 1. The fourth-order valence-electron chi connectivity index (χ4n) is 1.56. The summed E-state index contributed by atoms with van der Waals surface area (Å²) in [5.41, 5.74) is 0.435. The van der Waals surface area contributed by atoms with Crippen LogP contribution in [0.2, 0.25) is 0 Å². The Morgan fingerprint density at radius 3 is 2.57 bits per heavy atom. The molecule has 0 aliphatic carbocycles. The Labute approximate surface area is 119 Å². The summed E-state index contributed by atoms with van der Waals surface area (Å²) in [7, 11) is 0. The molecule has 6 heteroatoms. The summed E-state index contributed by atoms with van der Waals surface area (Å²) in [5.74, 6) is -0.875. The lowest BCUT2D eigenvalue weighted by molar-refractivity contribution is -0.384. The molecule has 0 unspecified atom stereocenters. The van der Waals surface area contributed by atoms with E-state index in [9.17, 15) is 19.3 Å². The van der Waals surface area contributed by atoms with Crippen molar-refractivity contribution in [1.29, 1.82) is 0 Å². The zero-order valence-electron chi connectivity index (χ0n) is 10.7. The summed E-state index contributed by atoms with van der Waals surface area (Å²) in [6.45, 7) is 0. The standard InChI is InChI=1S/C15H10FNO4/c16-12-5-7-14(8-6-12)21-15(18)9-4-11-2-1-3-13(10-11)17(19)20/h1-10H/b9-4+. The monoisotopic (exact) mass is 287 g/mol. The molecule has 0 spiro atoms. The molecule has 0 atom stereocenters. The highest BCUT2D eigenvalue weighted by Crippen LogP contribution is 2.15. The van der Waals surface area contributed by atoms with Gasteiger partial charge in [0.15, 0.2) is 0 Å². The van der Waals surface area contributed by atoms with E-state index in [0.717, 1.165) is 6.08 Å². The fraction of sp³-hybridized carbons (Fsp3) is 0. The molecule has 0 aromatic heterocycles. The maximum atomic E-state index is 12.7. The zero-order chi connectivity index (χ0) is 15.2. The quantitative estimate of drug-likeness (QED) is 0.284. The topological polar surface area (TPSA) is 69.4 Å². The second kappa shape index (κ2) is 6.42. The Balaban J connectivity index is 2.03. The SMILES string of the molecule is O=C(/C=C/c1cccc([N+](=O)[O-])c1)Oc1ccc(F)cc1. The van der Waals surface area contributed by atoms with Gasteiger partial charge in [0.25, 0.3) is 5.69 Å². The number of rotatable bonds is 4. The lowest BCUT2D eigenvalue weighted by Gasteiger charge is -2.00. The largest absolute Gasteiger partial charge is 0.423 e. The first-order valence-corrected chi connectivity index (χ1v) is 5.94. The highest BCUT2D eigenvalue weighted by atomic mass is 19.1. The molecule has 0 N–H and O–H groups in total. The lowest BCUT2D eigenvalue weighted by Crippen LogP contribution is -2.03. The number of halogens is 1. The normalized spacial score (nSPS) is 10.5. The Hall–Kier alpha value is -3.02.